The van der Waals surface area contributed by atoms with Gasteiger partial charge in [0, 0.05) is 27.6 Å². The molecule has 0 bridgehead atoms. The van der Waals surface area contributed by atoms with Crippen LogP contribution in [0, 0.1) is 0 Å². The summed E-state index contributed by atoms with van der Waals surface area (Å²) in [5.74, 6) is 0. The molecule has 0 N–H and O–H groups in total. The van der Waals surface area contributed by atoms with E-state index in [9.17, 15) is 0 Å². The molecule has 0 saturated carbocycles. The number of aromatic nitrogens is 1. The van der Waals surface area contributed by atoms with Crippen molar-refractivity contribution in [3.05, 3.63) is 216 Å². The molecule has 70 heavy (non-hydrogen) atoms. The topological polar surface area (TPSA) is 8.17 Å². The van der Waals surface area contributed by atoms with Crippen LogP contribution < -0.4 is 4.90 Å². The van der Waals surface area contributed by atoms with Crippen LogP contribution in [0.5, 0.6) is 0 Å². The first-order valence-corrected chi connectivity index (χ1v) is 25.2. The smallest absolute Gasteiger partial charge is 0.0782 e. The van der Waals surface area contributed by atoms with Crippen molar-refractivity contribution < 1.29 is 0 Å². The highest BCUT2D eigenvalue weighted by Crippen LogP contribution is 2.51. The van der Waals surface area contributed by atoms with Gasteiger partial charge in [-0.05, 0) is 113 Å². The molecule has 0 atom stereocenters. The molecule has 0 amide bonds. The van der Waals surface area contributed by atoms with Gasteiger partial charge in [-0.1, -0.05) is 241 Å². The van der Waals surface area contributed by atoms with Crippen molar-refractivity contribution in [3.63, 3.8) is 0 Å². The molecule has 10 rings (SSSR count). The van der Waals surface area contributed by atoms with E-state index < -0.39 is 0 Å². The van der Waals surface area contributed by atoms with E-state index in [-0.39, 0.29) is 21.7 Å². The highest BCUT2D eigenvalue weighted by atomic mass is 15.2. The Bertz CT molecular complexity index is 3500. The van der Waals surface area contributed by atoms with Gasteiger partial charge in [0.1, 0.15) is 0 Å². The Morgan fingerprint density at radius 1 is 0.329 bits per heavy atom. The third-order valence-electron chi connectivity index (χ3n) is 14.4. The monoisotopic (exact) mass is 913 g/mol. The molecule has 0 aliphatic rings. The maximum atomic E-state index is 2.57. The second-order valence-corrected chi connectivity index (χ2v) is 23.5. The summed E-state index contributed by atoms with van der Waals surface area (Å²) in [6.07, 6.45) is 0. The van der Waals surface area contributed by atoms with Gasteiger partial charge in [0.2, 0.25) is 0 Å². The summed E-state index contributed by atoms with van der Waals surface area (Å²) < 4.78 is 2.47. The van der Waals surface area contributed by atoms with Crippen LogP contribution in [-0.4, -0.2) is 4.57 Å². The van der Waals surface area contributed by atoms with Crippen molar-refractivity contribution in [1.82, 2.24) is 4.57 Å². The molecule has 0 aliphatic heterocycles. The normalized spacial score (nSPS) is 12.6. The van der Waals surface area contributed by atoms with E-state index in [4.69, 9.17) is 0 Å². The summed E-state index contributed by atoms with van der Waals surface area (Å²) >= 11 is 0. The third-order valence-corrected chi connectivity index (χ3v) is 14.4. The zero-order chi connectivity index (χ0) is 49.3. The van der Waals surface area contributed by atoms with Crippen LogP contribution in [0.15, 0.2) is 194 Å². The van der Waals surface area contributed by atoms with Gasteiger partial charge in [0.15, 0.2) is 0 Å². The highest BCUT2D eigenvalue weighted by molar-refractivity contribution is 6.16. The Morgan fingerprint density at radius 3 is 1.31 bits per heavy atom. The maximum absolute atomic E-state index is 2.57. The summed E-state index contributed by atoms with van der Waals surface area (Å²) in [6.45, 7) is 28.0. The minimum atomic E-state index is -0.0500. The van der Waals surface area contributed by atoms with E-state index >= 15 is 0 Å². The molecule has 0 spiro atoms. The van der Waals surface area contributed by atoms with Crippen LogP contribution in [0.1, 0.15) is 105 Å². The van der Waals surface area contributed by atoms with Crippen LogP contribution in [-0.2, 0) is 21.7 Å². The summed E-state index contributed by atoms with van der Waals surface area (Å²) in [5.41, 5.74) is 19.3. The largest absolute Gasteiger partial charge is 0.307 e. The molecular formula is C68H68N2. The SMILES string of the molecule is CC(C)(C)c1cc(-c2ccccc2N(c2ccccc2-c2cccc3cccc(-c4cc(C(C)(C)C)cc(C(C)(C)C)c4)c23)c2cccc3c4ccccc4n(-c4ccccc4)c23)cc(C(C)(C)C)c1. The van der Waals surface area contributed by atoms with Crippen molar-refractivity contribution in [2.24, 2.45) is 0 Å². The fourth-order valence-corrected chi connectivity index (χ4v) is 10.3. The van der Waals surface area contributed by atoms with Gasteiger partial charge < -0.3 is 9.47 Å². The number of hydrogen-bond donors (Lipinski definition) is 0. The zero-order valence-corrected chi connectivity index (χ0v) is 43.4. The second-order valence-electron chi connectivity index (χ2n) is 23.5. The number of hydrogen-bond acceptors (Lipinski definition) is 1. The first-order chi connectivity index (χ1) is 33.3. The van der Waals surface area contributed by atoms with E-state index in [0.717, 1.165) is 33.8 Å². The molecule has 0 saturated heterocycles. The Kier molecular flexibility index (Phi) is 11.5. The zero-order valence-electron chi connectivity index (χ0n) is 43.4. The predicted molar refractivity (Wildman–Crippen MR) is 304 cm³/mol. The molecule has 350 valence electrons. The molecule has 10 aromatic rings. The molecule has 9 aromatic carbocycles. The standard InChI is InChI=1S/C68H68N2/c1-65(2,3)48-39-46(40-49(43-48)66(4,5)6)53-29-16-19-35-59(53)70(62-38-24-34-58-56-31-18-20-36-60(56)69(64(58)62)52-27-14-13-15-28-52)61-37-21-17-30-55(61)57-33-23-26-45-25-22-32-54(63(45)57)47-41-50(67(7,8)9)44-51(42-47)68(10,11)12/h13-44H,1-12H3. The minimum absolute atomic E-state index is 0.0206. The molecule has 0 fully saturated rings. The number of rotatable bonds is 7. The van der Waals surface area contributed by atoms with E-state index in [1.165, 1.54) is 77.1 Å². The lowest BCUT2D eigenvalue weighted by Crippen LogP contribution is -2.17. The van der Waals surface area contributed by atoms with Crippen molar-refractivity contribution in [3.8, 4) is 39.1 Å². The first-order valence-electron chi connectivity index (χ1n) is 25.2. The Labute approximate surface area is 417 Å². The van der Waals surface area contributed by atoms with Crippen LogP contribution in [0.3, 0.4) is 0 Å². The fourth-order valence-electron chi connectivity index (χ4n) is 10.3. The molecule has 1 heterocycles. The van der Waals surface area contributed by atoms with Crippen molar-refractivity contribution >= 4 is 49.6 Å². The first kappa shape index (κ1) is 46.6. The second kappa shape index (κ2) is 17.4. The van der Waals surface area contributed by atoms with Gasteiger partial charge in [0.25, 0.3) is 0 Å². The van der Waals surface area contributed by atoms with Gasteiger partial charge in [-0.2, -0.15) is 0 Å². The molecule has 1 aromatic heterocycles. The van der Waals surface area contributed by atoms with Crippen LogP contribution in [0.4, 0.5) is 17.1 Å². The number of para-hydroxylation sites is 5. The average molecular weight is 913 g/mol. The summed E-state index contributed by atoms with van der Waals surface area (Å²) in [4.78, 5) is 2.57. The molecule has 0 unspecified atom stereocenters. The predicted octanol–water partition coefficient (Wildman–Crippen LogP) is 19.6. The minimum Gasteiger partial charge on any atom is -0.307 e. The summed E-state index contributed by atoms with van der Waals surface area (Å²) in [6, 6.07) is 73.2. The Morgan fingerprint density at radius 2 is 0.743 bits per heavy atom. The summed E-state index contributed by atoms with van der Waals surface area (Å²) in [7, 11) is 0. The van der Waals surface area contributed by atoms with Crippen molar-refractivity contribution in [1.29, 1.82) is 0 Å². The van der Waals surface area contributed by atoms with Crippen LogP contribution in [0.25, 0.3) is 71.6 Å². The van der Waals surface area contributed by atoms with Gasteiger partial charge in [0.05, 0.1) is 28.1 Å². The molecule has 2 heteroatoms. The van der Waals surface area contributed by atoms with Gasteiger partial charge >= 0.3 is 0 Å². The highest BCUT2D eigenvalue weighted by Gasteiger charge is 2.29. The van der Waals surface area contributed by atoms with Crippen LogP contribution in [0.2, 0.25) is 0 Å². The lowest BCUT2D eigenvalue weighted by molar-refractivity contribution is 0.568. The molecule has 2 nitrogen and oxygen atoms in total. The van der Waals surface area contributed by atoms with Gasteiger partial charge in [-0.15, -0.1) is 0 Å². The maximum Gasteiger partial charge on any atom is 0.0782 e. The lowest BCUT2D eigenvalue weighted by atomic mass is 9.78. The molecule has 0 aliphatic carbocycles. The van der Waals surface area contributed by atoms with Crippen molar-refractivity contribution in [2.75, 3.05) is 4.90 Å². The number of fused-ring (bicyclic) bond motifs is 4. The van der Waals surface area contributed by atoms with Gasteiger partial charge in [-0.25, -0.2) is 0 Å². The third kappa shape index (κ3) is 8.53. The van der Waals surface area contributed by atoms with Crippen molar-refractivity contribution in [2.45, 2.75) is 105 Å². The number of anilines is 3. The fraction of sp³-hybridized carbons (Fsp3) is 0.235. The molecule has 0 radical (unpaired) electrons. The number of benzene rings is 9. The van der Waals surface area contributed by atoms with Gasteiger partial charge in [-0.3, -0.25) is 0 Å². The van der Waals surface area contributed by atoms with E-state index in [1.807, 2.05) is 0 Å². The summed E-state index contributed by atoms with van der Waals surface area (Å²) in [5, 5.41) is 4.90. The van der Waals surface area contributed by atoms with E-state index in [1.54, 1.807) is 0 Å². The molecular weight excluding hydrogens is 845 g/mol. The van der Waals surface area contributed by atoms with E-state index in [0.29, 0.717) is 0 Å². The van der Waals surface area contributed by atoms with Crippen LogP contribution >= 0.6 is 0 Å². The average Bonchev–Trinajstić information content (AvgIpc) is 3.68. The quantitative estimate of drug-likeness (QED) is 0.155. The Hall–Kier alpha value is -7.16. The van der Waals surface area contributed by atoms with E-state index in [2.05, 4.69) is 287 Å². The number of nitrogens with zero attached hydrogens (tertiary/aromatic N) is 2. The lowest BCUT2D eigenvalue weighted by Gasteiger charge is -2.32. The Balaban J connectivity index is 1.33.